The molecule has 3 heteroatoms. The zero-order chi connectivity index (χ0) is 8.39. The summed E-state index contributed by atoms with van der Waals surface area (Å²) in [5.74, 6) is 1.61. The first kappa shape index (κ1) is 7.16. The molecule has 0 radical (unpaired) electrons. The minimum Gasteiger partial charge on any atom is -0.454 e. The Kier molecular flexibility index (Phi) is 1.70. The molecule has 62 valence electrons. The standard InChI is InChI=1S/C9H9NO2/c1-10-5-7-2-3-8-9(4-7)12-6-11-8/h2-5H,6H2,1H3. The lowest BCUT2D eigenvalue weighted by atomic mass is 10.2. The molecular formula is C9H9NO2. The lowest BCUT2D eigenvalue weighted by Crippen LogP contribution is -1.92. The largest absolute Gasteiger partial charge is 0.454 e. The average Bonchev–Trinajstić information content (AvgIpc) is 2.51. The van der Waals surface area contributed by atoms with Crippen LogP contribution in [0.5, 0.6) is 11.5 Å². The number of ether oxygens (including phenoxy) is 2. The summed E-state index contributed by atoms with van der Waals surface area (Å²) in [6.07, 6.45) is 1.78. The molecule has 3 nitrogen and oxygen atoms in total. The monoisotopic (exact) mass is 163 g/mol. The van der Waals surface area contributed by atoms with Gasteiger partial charge in [-0.2, -0.15) is 0 Å². The van der Waals surface area contributed by atoms with Crippen LogP contribution < -0.4 is 9.47 Å². The van der Waals surface area contributed by atoms with Gasteiger partial charge in [-0.15, -0.1) is 0 Å². The van der Waals surface area contributed by atoms with Crippen LogP contribution in [0.2, 0.25) is 0 Å². The fourth-order valence-corrected chi connectivity index (χ4v) is 1.14. The first-order valence-corrected chi connectivity index (χ1v) is 3.72. The van der Waals surface area contributed by atoms with Crippen molar-refractivity contribution < 1.29 is 9.47 Å². The van der Waals surface area contributed by atoms with E-state index in [1.54, 1.807) is 13.3 Å². The first-order valence-electron chi connectivity index (χ1n) is 3.72. The van der Waals surface area contributed by atoms with Crippen molar-refractivity contribution >= 4 is 6.21 Å². The lowest BCUT2D eigenvalue weighted by molar-refractivity contribution is 0.174. The summed E-state index contributed by atoms with van der Waals surface area (Å²) >= 11 is 0. The van der Waals surface area contributed by atoms with E-state index in [4.69, 9.17) is 9.47 Å². The highest BCUT2D eigenvalue weighted by Gasteiger charge is 2.11. The van der Waals surface area contributed by atoms with Gasteiger partial charge in [0.25, 0.3) is 0 Å². The van der Waals surface area contributed by atoms with E-state index in [1.165, 1.54) is 0 Å². The molecule has 0 saturated carbocycles. The zero-order valence-electron chi connectivity index (χ0n) is 6.78. The van der Waals surface area contributed by atoms with Crippen molar-refractivity contribution in [2.45, 2.75) is 0 Å². The van der Waals surface area contributed by atoms with Gasteiger partial charge in [-0.3, -0.25) is 4.99 Å². The predicted octanol–water partition coefficient (Wildman–Crippen LogP) is 1.46. The van der Waals surface area contributed by atoms with Crippen LogP contribution in [0.1, 0.15) is 5.56 Å². The summed E-state index contributed by atoms with van der Waals surface area (Å²) in [6, 6.07) is 5.75. The Morgan fingerprint density at radius 1 is 1.33 bits per heavy atom. The van der Waals surface area contributed by atoms with Crippen molar-refractivity contribution in [3.05, 3.63) is 23.8 Å². The highest BCUT2D eigenvalue weighted by atomic mass is 16.7. The number of benzene rings is 1. The molecule has 0 fully saturated rings. The van der Waals surface area contributed by atoms with Crippen LogP contribution >= 0.6 is 0 Å². The molecule has 0 unspecified atom stereocenters. The molecule has 0 amide bonds. The zero-order valence-corrected chi connectivity index (χ0v) is 6.78. The second kappa shape index (κ2) is 2.85. The Labute approximate surface area is 70.6 Å². The molecule has 0 N–H and O–H groups in total. The summed E-state index contributed by atoms with van der Waals surface area (Å²) in [4.78, 5) is 3.91. The van der Waals surface area contributed by atoms with E-state index in [0.717, 1.165) is 17.1 Å². The number of fused-ring (bicyclic) bond motifs is 1. The van der Waals surface area contributed by atoms with Crippen molar-refractivity contribution in [2.24, 2.45) is 4.99 Å². The lowest BCUT2D eigenvalue weighted by Gasteiger charge is -1.95. The third-order valence-electron chi connectivity index (χ3n) is 1.67. The number of rotatable bonds is 1. The molecule has 0 spiro atoms. The molecule has 12 heavy (non-hydrogen) atoms. The fourth-order valence-electron chi connectivity index (χ4n) is 1.14. The van der Waals surface area contributed by atoms with Crippen LogP contribution in [0.3, 0.4) is 0 Å². The molecule has 0 aliphatic carbocycles. The number of hydrogen-bond acceptors (Lipinski definition) is 3. The third-order valence-corrected chi connectivity index (χ3v) is 1.67. The van der Waals surface area contributed by atoms with E-state index in [9.17, 15) is 0 Å². The van der Waals surface area contributed by atoms with Crippen LogP contribution in [0.4, 0.5) is 0 Å². The topological polar surface area (TPSA) is 30.8 Å². The van der Waals surface area contributed by atoms with Crippen LogP contribution in [0, 0.1) is 0 Å². The normalized spacial score (nSPS) is 14.1. The molecular weight excluding hydrogens is 154 g/mol. The van der Waals surface area contributed by atoms with Gasteiger partial charge in [-0.25, -0.2) is 0 Å². The van der Waals surface area contributed by atoms with Crippen molar-refractivity contribution in [1.29, 1.82) is 0 Å². The maximum atomic E-state index is 5.20. The van der Waals surface area contributed by atoms with E-state index in [1.807, 2.05) is 18.2 Å². The first-order chi connectivity index (χ1) is 5.90. The summed E-state index contributed by atoms with van der Waals surface area (Å²) in [6.45, 7) is 0.321. The average molecular weight is 163 g/mol. The van der Waals surface area contributed by atoms with Crippen molar-refractivity contribution in [3.8, 4) is 11.5 Å². The Bertz CT molecular complexity index is 320. The van der Waals surface area contributed by atoms with Gasteiger partial charge in [0.05, 0.1) is 0 Å². The Balaban J connectivity index is 2.38. The van der Waals surface area contributed by atoms with Gasteiger partial charge in [0, 0.05) is 13.3 Å². The molecule has 1 aromatic rings. The summed E-state index contributed by atoms with van der Waals surface area (Å²) in [7, 11) is 1.74. The Hall–Kier alpha value is -1.51. The van der Waals surface area contributed by atoms with Gasteiger partial charge < -0.3 is 9.47 Å². The number of hydrogen-bond donors (Lipinski definition) is 0. The van der Waals surface area contributed by atoms with Crippen LogP contribution in [0.15, 0.2) is 23.2 Å². The predicted molar refractivity (Wildman–Crippen MR) is 46.1 cm³/mol. The van der Waals surface area contributed by atoms with Crippen molar-refractivity contribution in [2.75, 3.05) is 13.8 Å². The summed E-state index contributed by atoms with van der Waals surface area (Å²) in [5.41, 5.74) is 1.03. The quantitative estimate of drug-likeness (QED) is 0.587. The highest BCUT2D eigenvalue weighted by Crippen LogP contribution is 2.31. The maximum absolute atomic E-state index is 5.20. The van der Waals surface area contributed by atoms with Crippen LogP contribution in [0.25, 0.3) is 0 Å². The van der Waals surface area contributed by atoms with Gasteiger partial charge in [-0.1, -0.05) is 0 Å². The molecule has 1 aliphatic rings. The highest BCUT2D eigenvalue weighted by molar-refractivity contribution is 5.80. The van der Waals surface area contributed by atoms with Crippen molar-refractivity contribution in [3.63, 3.8) is 0 Å². The van der Waals surface area contributed by atoms with E-state index < -0.39 is 0 Å². The SMILES string of the molecule is CN=Cc1ccc2c(c1)OCO2. The van der Waals surface area contributed by atoms with E-state index in [0.29, 0.717) is 6.79 Å². The van der Waals surface area contributed by atoms with E-state index in [-0.39, 0.29) is 0 Å². The molecule has 0 aromatic heterocycles. The van der Waals surface area contributed by atoms with Gasteiger partial charge in [0.2, 0.25) is 6.79 Å². The molecule has 0 saturated heterocycles. The summed E-state index contributed by atoms with van der Waals surface area (Å²) in [5, 5.41) is 0. The molecule has 1 aliphatic heterocycles. The molecule has 0 atom stereocenters. The smallest absolute Gasteiger partial charge is 0.231 e. The Morgan fingerprint density at radius 2 is 2.17 bits per heavy atom. The molecule has 1 heterocycles. The molecule has 2 rings (SSSR count). The van der Waals surface area contributed by atoms with E-state index >= 15 is 0 Å². The minimum atomic E-state index is 0.321. The third kappa shape index (κ3) is 1.13. The van der Waals surface area contributed by atoms with E-state index in [2.05, 4.69) is 4.99 Å². The molecule has 0 bridgehead atoms. The fraction of sp³-hybridized carbons (Fsp3) is 0.222. The second-order valence-corrected chi connectivity index (χ2v) is 2.50. The maximum Gasteiger partial charge on any atom is 0.231 e. The Morgan fingerprint density at radius 3 is 3.00 bits per heavy atom. The molecule has 1 aromatic carbocycles. The van der Waals surface area contributed by atoms with Crippen LogP contribution in [-0.2, 0) is 0 Å². The van der Waals surface area contributed by atoms with Gasteiger partial charge in [-0.05, 0) is 23.8 Å². The number of nitrogens with zero attached hydrogens (tertiary/aromatic N) is 1. The minimum absolute atomic E-state index is 0.321. The van der Waals surface area contributed by atoms with Crippen molar-refractivity contribution in [1.82, 2.24) is 0 Å². The second-order valence-electron chi connectivity index (χ2n) is 2.50. The number of aliphatic imine (C=N–C) groups is 1. The van der Waals surface area contributed by atoms with Gasteiger partial charge >= 0.3 is 0 Å². The van der Waals surface area contributed by atoms with Gasteiger partial charge in [0.15, 0.2) is 11.5 Å². The van der Waals surface area contributed by atoms with Gasteiger partial charge in [0.1, 0.15) is 0 Å². The van der Waals surface area contributed by atoms with Crippen LogP contribution in [-0.4, -0.2) is 20.1 Å². The summed E-state index contributed by atoms with van der Waals surface area (Å²) < 4.78 is 10.4.